The Bertz CT molecular complexity index is 397. The fourth-order valence-electron chi connectivity index (χ4n) is 2.68. The van der Waals surface area contributed by atoms with Gasteiger partial charge >= 0.3 is 5.97 Å². The summed E-state index contributed by atoms with van der Waals surface area (Å²) < 4.78 is 10.6. The Morgan fingerprint density at radius 2 is 1.83 bits per heavy atom. The average Bonchev–Trinajstić information content (AvgIpc) is 2.39. The lowest BCUT2D eigenvalue weighted by Gasteiger charge is -2.31. The molecule has 0 heterocycles. The van der Waals surface area contributed by atoms with Crippen LogP contribution in [-0.2, 0) is 9.53 Å². The smallest absolute Gasteiger partial charge is 0.302 e. The minimum Gasteiger partial charge on any atom is -0.497 e. The molecule has 2 unspecified atom stereocenters. The first-order valence-corrected chi connectivity index (χ1v) is 6.52. The van der Waals surface area contributed by atoms with E-state index in [1.165, 1.54) is 18.9 Å². The van der Waals surface area contributed by atoms with Crippen LogP contribution in [0.2, 0.25) is 0 Å². The summed E-state index contributed by atoms with van der Waals surface area (Å²) in [5, 5.41) is 0. The molecule has 1 aliphatic carbocycles. The van der Waals surface area contributed by atoms with E-state index < -0.39 is 0 Å². The Balaban J connectivity index is 2.13. The van der Waals surface area contributed by atoms with Crippen LogP contribution in [0.3, 0.4) is 0 Å². The van der Waals surface area contributed by atoms with Crippen molar-refractivity contribution >= 4 is 5.97 Å². The SMILES string of the molecule is COc1ccc(C2CCCCC2OC(C)=O)cc1. The molecular weight excluding hydrogens is 228 g/mol. The van der Waals surface area contributed by atoms with E-state index in [1.807, 2.05) is 12.1 Å². The third-order valence-corrected chi connectivity index (χ3v) is 3.56. The number of carbonyl (C=O) groups is 1. The highest BCUT2D eigenvalue weighted by molar-refractivity contribution is 5.66. The standard InChI is InChI=1S/C15H20O3/c1-11(16)18-15-6-4-3-5-14(15)12-7-9-13(17-2)10-8-12/h7-10,14-15H,3-6H2,1-2H3. The van der Waals surface area contributed by atoms with Gasteiger partial charge in [-0.25, -0.2) is 0 Å². The van der Waals surface area contributed by atoms with E-state index in [-0.39, 0.29) is 12.1 Å². The molecule has 0 amide bonds. The number of rotatable bonds is 3. The van der Waals surface area contributed by atoms with Crippen molar-refractivity contribution in [2.45, 2.75) is 44.6 Å². The Morgan fingerprint density at radius 1 is 1.17 bits per heavy atom. The maximum absolute atomic E-state index is 11.1. The van der Waals surface area contributed by atoms with Crippen molar-refractivity contribution in [1.82, 2.24) is 0 Å². The van der Waals surface area contributed by atoms with Crippen LogP contribution < -0.4 is 4.74 Å². The molecule has 1 aliphatic rings. The van der Waals surface area contributed by atoms with Gasteiger partial charge in [0.1, 0.15) is 11.9 Å². The predicted molar refractivity (Wildman–Crippen MR) is 69.8 cm³/mol. The van der Waals surface area contributed by atoms with Crippen LogP contribution in [0.15, 0.2) is 24.3 Å². The Hall–Kier alpha value is -1.51. The van der Waals surface area contributed by atoms with Gasteiger partial charge in [0.2, 0.25) is 0 Å². The highest BCUT2D eigenvalue weighted by Crippen LogP contribution is 2.35. The van der Waals surface area contributed by atoms with Gasteiger partial charge in [0, 0.05) is 12.8 Å². The first-order chi connectivity index (χ1) is 8.70. The maximum Gasteiger partial charge on any atom is 0.302 e. The van der Waals surface area contributed by atoms with E-state index in [4.69, 9.17) is 9.47 Å². The van der Waals surface area contributed by atoms with E-state index >= 15 is 0 Å². The van der Waals surface area contributed by atoms with Crippen LogP contribution in [0.5, 0.6) is 5.75 Å². The lowest BCUT2D eigenvalue weighted by Crippen LogP contribution is -2.27. The molecule has 18 heavy (non-hydrogen) atoms. The third-order valence-electron chi connectivity index (χ3n) is 3.56. The number of ether oxygens (including phenoxy) is 2. The minimum atomic E-state index is -0.180. The highest BCUT2D eigenvalue weighted by Gasteiger charge is 2.28. The Kier molecular flexibility index (Phi) is 4.24. The van der Waals surface area contributed by atoms with E-state index in [2.05, 4.69) is 12.1 Å². The van der Waals surface area contributed by atoms with Gasteiger partial charge in [-0.15, -0.1) is 0 Å². The number of benzene rings is 1. The van der Waals surface area contributed by atoms with Crippen LogP contribution >= 0.6 is 0 Å². The lowest BCUT2D eigenvalue weighted by atomic mass is 9.81. The van der Waals surface area contributed by atoms with Gasteiger partial charge in [0.25, 0.3) is 0 Å². The Morgan fingerprint density at radius 3 is 2.44 bits per heavy atom. The van der Waals surface area contributed by atoms with Gasteiger partial charge in [-0.05, 0) is 37.0 Å². The molecule has 0 aromatic heterocycles. The van der Waals surface area contributed by atoms with Gasteiger partial charge in [-0.1, -0.05) is 18.6 Å². The van der Waals surface area contributed by atoms with E-state index in [9.17, 15) is 4.79 Å². The van der Waals surface area contributed by atoms with Gasteiger partial charge in [-0.2, -0.15) is 0 Å². The van der Waals surface area contributed by atoms with Gasteiger partial charge in [0.15, 0.2) is 0 Å². The summed E-state index contributed by atoms with van der Waals surface area (Å²) in [5.74, 6) is 1.01. The van der Waals surface area contributed by atoms with Crippen LogP contribution in [-0.4, -0.2) is 19.2 Å². The zero-order chi connectivity index (χ0) is 13.0. The molecule has 3 nitrogen and oxygen atoms in total. The van der Waals surface area contributed by atoms with Crippen molar-refractivity contribution in [1.29, 1.82) is 0 Å². The number of methoxy groups -OCH3 is 1. The highest BCUT2D eigenvalue weighted by atomic mass is 16.5. The average molecular weight is 248 g/mol. The molecule has 2 rings (SSSR count). The van der Waals surface area contributed by atoms with Crippen molar-refractivity contribution in [2.75, 3.05) is 7.11 Å². The van der Waals surface area contributed by atoms with Crippen LogP contribution in [0.25, 0.3) is 0 Å². The summed E-state index contributed by atoms with van der Waals surface area (Å²) in [4.78, 5) is 11.1. The molecule has 1 aromatic carbocycles. The maximum atomic E-state index is 11.1. The fourth-order valence-corrected chi connectivity index (χ4v) is 2.68. The molecule has 0 bridgehead atoms. The summed E-state index contributed by atoms with van der Waals surface area (Å²) in [7, 11) is 1.66. The van der Waals surface area contributed by atoms with E-state index in [1.54, 1.807) is 7.11 Å². The predicted octanol–water partition coefficient (Wildman–Crippen LogP) is 3.28. The second kappa shape index (κ2) is 5.89. The zero-order valence-corrected chi connectivity index (χ0v) is 11.0. The van der Waals surface area contributed by atoms with Gasteiger partial charge in [0.05, 0.1) is 7.11 Å². The number of esters is 1. The van der Waals surface area contributed by atoms with Gasteiger partial charge < -0.3 is 9.47 Å². The monoisotopic (exact) mass is 248 g/mol. The summed E-state index contributed by atoms with van der Waals surface area (Å²) >= 11 is 0. The summed E-state index contributed by atoms with van der Waals surface area (Å²) in [6.45, 7) is 1.49. The van der Waals surface area contributed by atoms with Crippen molar-refractivity contribution in [3.8, 4) is 5.75 Å². The number of carbonyl (C=O) groups excluding carboxylic acids is 1. The number of hydrogen-bond acceptors (Lipinski definition) is 3. The van der Waals surface area contributed by atoms with Crippen LogP contribution in [0.1, 0.15) is 44.1 Å². The zero-order valence-electron chi connectivity index (χ0n) is 11.0. The molecule has 0 radical (unpaired) electrons. The molecule has 0 aliphatic heterocycles. The van der Waals surface area contributed by atoms with E-state index in [0.717, 1.165) is 25.0 Å². The molecular formula is C15H20O3. The van der Waals surface area contributed by atoms with Crippen molar-refractivity contribution < 1.29 is 14.3 Å². The molecule has 98 valence electrons. The third kappa shape index (κ3) is 3.03. The van der Waals surface area contributed by atoms with Crippen molar-refractivity contribution in [2.24, 2.45) is 0 Å². The van der Waals surface area contributed by atoms with Crippen LogP contribution in [0.4, 0.5) is 0 Å². The lowest BCUT2D eigenvalue weighted by molar-refractivity contribution is -0.148. The summed E-state index contributed by atoms with van der Waals surface area (Å²) in [6, 6.07) is 8.08. The molecule has 3 heteroatoms. The summed E-state index contributed by atoms with van der Waals surface area (Å²) in [6.07, 6.45) is 4.43. The molecule has 0 saturated heterocycles. The second-order valence-electron chi connectivity index (χ2n) is 4.81. The summed E-state index contributed by atoms with van der Waals surface area (Å²) in [5.41, 5.74) is 1.24. The molecule has 1 saturated carbocycles. The molecule has 0 spiro atoms. The Labute approximate surface area is 108 Å². The first-order valence-electron chi connectivity index (χ1n) is 6.52. The van der Waals surface area contributed by atoms with Crippen molar-refractivity contribution in [3.63, 3.8) is 0 Å². The van der Waals surface area contributed by atoms with Crippen molar-refractivity contribution in [3.05, 3.63) is 29.8 Å². The topological polar surface area (TPSA) is 35.5 Å². The number of hydrogen-bond donors (Lipinski definition) is 0. The quantitative estimate of drug-likeness (QED) is 0.770. The first kappa shape index (κ1) is 12.9. The largest absolute Gasteiger partial charge is 0.497 e. The second-order valence-corrected chi connectivity index (χ2v) is 4.81. The molecule has 1 aromatic rings. The minimum absolute atomic E-state index is 0.0321. The van der Waals surface area contributed by atoms with Gasteiger partial charge in [-0.3, -0.25) is 4.79 Å². The molecule has 2 atom stereocenters. The molecule has 0 N–H and O–H groups in total. The molecule has 1 fully saturated rings. The van der Waals surface area contributed by atoms with E-state index in [0.29, 0.717) is 5.92 Å². The van der Waals surface area contributed by atoms with Crippen LogP contribution in [0, 0.1) is 0 Å². The fraction of sp³-hybridized carbons (Fsp3) is 0.533. The normalized spacial score (nSPS) is 23.4.